The largest absolute Gasteiger partial charge is 0.370 e. The van der Waals surface area contributed by atoms with Crippen molar-refractivity contribution in [3.63, 3.8) is 0 Å². The van der Waals surface area contributed by atoms with Crippen LogP contribution in [0.5, 0.6) is 0 Å². The molecule has 0 bridgehead atoms. The summed E-state index contributed by atoms with van der Waals surface area (Å²) in [7, 11) is 0. The van der Waals surface area contributed by atoms with E-state index in [1.54, 1.807) is 0 Å². The van der Waals surface area contributed by atoms with E-state index in [-0.39, 0.29) is 6.04 Å². The summed E-state index contributed by atoms with van der Waals surface area (Å²) in [6, 6.07) is 6.23. The van der Waals surface area contributed by atoms with Gasteiger partial charge in [-0.1, -0.05) is 17.7 Å². The van der Waals surface area contributed by atoms with Crippen molar-refractivity contribution >= 4 is 17.3 Å². The summed E-state index contributed by atoms with van der Waals surface area (Å²) in [5, 5.41) is 0.830. The summed E-state index contributed by atoms with van der Waals surface area (Å²) in [4.78, 5) is 2.37. The molecule has 2 rings (SSSR count). The van der Waals surface area contributed by atoms with Crippen LogP contribution in [0.15, 0.2) is 18.2 Å². The molecule has 3 heteroatoms. The van der Waals surface area contributed by atoms with Crippen molar-refractivity contribution in [3.8, 4) is 0 Å². The molecule has 0 saturated carbocycles. The molecule has 2 nitrogen and oxygen atoms in total. The van der Waals surface area contributed by atoms with Crippen LogP contribution in [0, 0.1) is 0 Å². The quantitative estimate of drug-likeness (QED) is 0.856. The molecule has 1 heterocycles. The van der Waals surface area contributed by atoms with Gasteiger partial charge in [0.1, 0.15) is 0 Å². The predicted octanol–water partition coefficient (Wildman–Crippen LogP) is 3.35. The summed E-state index contributed by atoms with van der Waals surface area (Å²) in [5.41, 5.74) is 8.10. The highest BCUT2D eigenvalue weighted by Crippen LogP contribution is 2.30. The number of rotatable bonds is 2. The van der Waals surface area contributed by atoms with Gasteiger partial charge >= 0.3 is 0 Å². The molecule has 0 spiro atoms. The average molecular weight is 239 g/mol. The third-order valence-electron chi connectivity index (χ3n) is 3.19. The number of anilines is 1. The second-order valence-corrected chi connectivity index (χ2v) is 4.95. The standard InChI is InChI=1S/C13H19ClN2/c1-10(15)11-5-6-13(12(14)9-11)16-7-3-2-4-8-16/h5-6,9-10H,2-4,7-8,15H2,1H3/t10-/m0/s1. The molecule has 0 aromatic heterocycles. The molecule has 2 N–H and O–H groups in total. The first-order valence-corrected chi connectivity index (χ1v) is 6.36. The Kier molecular flexibility index (Phi) is 3.72. The van der Waals surface area contributed by atoms with E-state index in [9.17, 15) is 0 Å². The van der Waals surface area contributed by atoms with Crippen molar-refractivity contribution < 1.29 is 0 Å². The summed E-state index contributed by atoms with van der Waals surface area (Å²) in [5.74, 6) is 0. The topological polar surface area (TPSA) is 29.3 Å². The van der Waals surface area contributed by atoms with Gasteiger partial charge in [-0.15, -0.1) is 0 Å². The first kappa shape index (κ1) is 11.7. The third-order valence-corrected chi connectivity index (χ3v) is 3.50. The maximum Gasteiger partial charge on any atom is 0.0642 e. The van der Waals surface area contributed by atoms with Crippen LogP contribution in [0.4, 0.5) is 5.69 Å². The van der Waals surface area contributed by atoms with Gasteiger partial charge in [-0.2, -0.15) is 0 Å². The van der Waals surface area contributed by atoms with E-state index in [0.29, 0.717) is 0 Å². The van der Waals surface area contributed by atoms with E-state index < -0.39 is 0 Å². The number of benzene rings is 1. The van der Waals surface area contributed by atoms with Crippen LogP contribution in [0.2, 0.25) is 5.02 Å². The van der Waals surface area contributed by atoms with Crippen molar-refractivity contribution in [1.29, 1.82) is 0 Å². The van der Waals surface area contributed by atoms with E-state index >= 15 is 0 Å². The molecule has 16 heavy (non-hydrogen) atoms. The maximum absolute atomic E-state index is 6.31. The van der Waals surface area contributed by atoms with Crippen LogP contribution in [0.25, 0.3) is 0 Å². The highest BCUT2D eigenvalue weighted by atomic mass is 35.5. The fourth-order valence-corrected chi connectivity index (χ4v) is 2.51. The van der Waals surface area contributed by atoms with Crippen molar-refractivity contribution in [2.75, 3.05) is 18.0 Å². The molecule has 1 aliphatic rings. The highest BCUT2D eigenvalue weighted by Gasteiger charge is 2.14. The minimum atomic E-state index is 0.0490. The minimum Gasteiger partial charge on any atom is -0.370 e. The first-order chi connectivity index (χ1) is 7.68. The Labute approximate surface area is 102 Å². The summed E-state index contributed by atoms with van der Waals surface area (Å²) >= 11 is 6.31. The number of halogens is 1. The molecular weight excluding hydrogens is 220 g/mol. The van der Waals surface area contributed by atoms with E-state index in [2.05, 4.69) is 17.0 Å². The van der Waals surface area contributed by atoms with Gasteiger partial charge in [-0.05, 0) is 43.9 Å². The molecule has 88 valence electrons. The Bertz CT molecular complexity index is 357. The van der Waals surface area contributed by atoms with Gasteiger partial charge in [0.05, 0.1) is 10.7 Å². The van der Waals surface area contributed by atoms with Crippen molar-refractivity contribution in [1.82, 2.24) is 0 Å². The molecule has 1 atom stereocenters. The molecule has 1 aliphatic heterocycles. The monoisotopic (exact) mass is 238 g/mol. The van der Waals surface area contributed by atoms with Crippen molar-refractivity contribution in [3.05, 3.63) is 28.8 Å². The van der Waals surface area contributed by atoms with Crippen molar-refractivity contribution in [2.24, 2.45) is 5.73 Å². The van der Waals surface area contributed by atoms with Gasteiger partial charge in [0.25, 0.3) is 0 Å². The zero-order valence-electron chi connectivity index (χ0n) is 9.75. The molecule has 1 fully saturated rings. The molecule has 0 radical (unpaired) electrons. The fraction of sp³-hybridized carbons (Fsp3) is 0.538. The normalized spacial score (nSPS) is 18.6. The van der Waals surface area contributed by atoms with Gasteiger partial charge in [0.15, 0.2) is 0 Å². The molecule has 0 amide bonds. The summed E-state index contributed by atoms with van der Waals surface area (Å²) in [6.45, 7) is 4.22. The number of hydrogen-bond donors (Lipinski definition) is 1. The SMILES string of the molecule is C[C@H](N)c1ccc(N2CCCCC2)c(Cl)c1. The predicted molar refractivity (Wildman–Crippen MR) is 70.1 cm³/mol. The number of piperidine rings is 1. The first-order valence-electron chi connectivity index (χ1n) is 5.98. The van der Waals surface area contributed by atoms with Crippen LogP contribution in [0.3, 0.4) is 0 Å². The Morgan fingerprint density at radius 1 is 1.25 bits per heavy atom. The number of nitrogens with zero attached hydrogens (tertiary/aromatic N) is 1. The van der Waals surface area contributed by atoms with Gasteiger partial charge in [-0.25, -0.2) is 0 Å². The van der Waals surface area contributed by atoms with E-state index in [0.717, 1.165) is 29.4 Å². The van der Waals surface area contributed by atoms with Crippen LogP contribution >= 0.6 is 11.6 Å². The Morgan fingerprint density at radius 3 is 2.50 bits per heavy atom. The number of hydrogen-bond acceptors (Lipinski definition) is 2. The van der Waals surface area contributed by atoms with Crippen LogP contribution in [-0.4, -0.2) is 13.1 Å². The van der Waals surface area contributed by atoms with Gasteiger partial charge in [0, 0.05) is 19.1 Å². The van der Waals surface area contributed by atoms with Crippen LogP contribution in [0.1, 0.15) is 37.8 Å². The molecular formula is C13H19ClN2. The summed E-state index contributed by atoms with van der Waals surface area (Å²) in [6.07, 6.45) is 3.88. The molecule has 1 saturated heterocycles. The molecule has 0 aliphatic carbocycles. The minimum absolute atomic E-state index is 0.0490. The van der Waals surface area contributed by atoms with Gasteiger partial charge in [0.2, 0.25) is 0 Å². The second kappa shape index (κ2) is 5.07. The number of nitrogens with two attached hydrogens (primary N) is 1. The van der Waals surface area contributed by atoms with E-state index in [4.69, 9.17) is 17.3 Å². The van der Waals surface area contributed by atoms with E-state index in [1.165, 1.54) is 19.3 Å². The zero-order valence-corrected chi connectivity index (χ0v) is 10.5. The Balaban J connectivity index is 2.21. The Morgan fingerprint density at radius 2 is 1.94 bits per heavy atom. The Hall–Kier alpha value is -0.730. The van der Waals surface area contributed by atoms with E-state index in [1.807, 2.05) is 13.0 Å². The average Bonchev–Trinajstić information content (AvgIpc) is 2.30. The molecule has 0 unspecified atom stereocenters. The lowest BCUT2D eigenvalue weighted by Gasteiger charge is -2.29. The summed E-state index contributed by atoms with van der Waals surface area (Å²) < 4.78 is 0. The zero-order chi connectivity index (χ0) is 11.5. The smallest absolute Gasteiger partial charge is 0.0642 e. The van der Waals surface area contributed by atoms with Gasteiger partial charge in [-0.3, -0.25) is 0 Å². The molecule has 1 aromatic carbocycles. The van der Waals surface area contributed by atoms with Crippen LogP contribution in [-0.2, 0) is 0 Å². The lowest BCUT2D eigenvalue weighted by molar-refractivity contribution is 0.578. The van der Waals surface area contributed by atoms with Crippen molar-refractivity contribution in [2.45, 2.75) is 32.2 Å². The third kappa shape index (κ3) is 2.50. The van der Waals surface area contributed by atoms with Gasteiger partial charge < -0.3 is 10.6 Å². The van der Waals surface area contributed by atoms with Crippen LogP contribution < -0.4 is 10.6 Å². The maximum atomic E-state index is 6.31. The lowest BCUT2D eigenvalue weighted by Crippen LogP contribution is -2.29. The fourth-order valence-electron chi connectivity index (χ4n) is 2.20. The highest BCUT2D eigenvalue weighted by molar-refractivity contribution is 6.33. The lowest BCUT2D eigenvalue weighted by atomic mass is 10.1. The molecule has 1 aromatic rings. The second-order valence-electron chi connectivity index (χ2n) is 4.55.